The van der Waals surface area contributed by atoms with E-state index in [9.17, 15) is 18.8 Å². The minimum absolute atomic E-state index is 0.227. The van der Waals surface area contributed by atoms with E-state index < -0.39 is 11.9 Å². The van der Waals surface area contributed by atoms with Crippen LogP contribution < -0.4 is 0 Å². The second-order valence-corrected chi connectivity index (χ2v) is 7.70. The summed E-state index contributed by atoms with van der Waals surface area (Å²) in [6.07, 6.45) is 3.11. The molecular formula is C22H27FN2O7. The highest BCUT2D eigenvalue weighted by Gasteiger charge is 2.25. The first-order valence-corrected chi connectivity index (χ1v) is 10.2. The molecule has 174 valence electrons. The lowest BCUT2D eigenvalue weighted by atomic mass is 9.91. The molecule has 10 heteroatoms. The number of carboxylic acids is 2. The summed E-state index contributed by atoms with van der Waals surface area (Å²) in [4.78, 5) is 32.4. The summed E-state index contributed by atoms with van der Waals surface area (Å²) >= 11 is 0. The topological polar surface area (TPSA) is 130 Å². The molecule has 0 radical (unpaired) electrons. The average molecular weight is 450 g/mol. The second kappa shape index (κ2) is 11.9. The van der Waals surface area contributed by atoms with Gasteiger partial charge in [0.25, 0.3) is 0 Å². The lowest BCUT2D eigenvalue weighted by Crippen LogP contribution is -2.37. The molecule has 1 aliphatic rings. The number of ether oxygens (including phenoxy) is 1. The molecule has 1 saturated heterocycles. The fourth-order valence-corrected chi connectivity index (χ4v) is 3.51. The second-order valence-electron chi connectivity index (χ2n) is 7.70. The van der Waals surface area contributed by atoms with Crippen molar-refractivity contribution in [2.45, 2.75) is 32.6 Å². The van der Waals surface area contributed by atoms with Gasteiger partial charge in [0.15, 0.2) is 5.58 Å². The van der Waals surface area contributed by atoms with Crippen molar-refractivity contribution in [2.24, 2.45) is 5.92 Å². The summed E-state index contributed by atoms with van der Waals surface area (Å²) in [6, 6.07) is 4.59. The smallest absolute Gasteiger partial charge is 0.328 e. The van der Waals surface area contributed by atoms with E-state index in [0.717, 1.165) is 43.6 Å². The van der Waals surface area contributed by atoms with Gasteiger partial charge in [-0.1, -0.05) is 12.1 Å². The normalized spacial score (nSPS) is 15.8. The maximum atomic E-state index is 13.2. The molecule has 0 saturated carbocycles. The highest BCUT2D eigenvalue weighted by Crippen LogP contribution is 2.32. The molecule has 3 rings (SSSR count). The molecule has 1 aromatic carbocycles. The van der Waals surface area contributed by atoms with E-state index in [1.165, 1.54) is 19.1 Å². The van der Waals surface area contributed by atoms with Gasteiger partial charge < -0.3 is 24.4 Å². The first-order valence-electron chi connectivity index (χ1n) is 10.2. The van der Waals surface area contributed by atoms with Gasteiger partial charge in [-0.25, -0.2) is 14.0 Å². The molecule has 9 nitrogen and oxygen atoms in total. The minimum Gasteiger partial charge on any atom is -0.478 e. The predicted molar refractivity (Wildman–Crippen MR) is 113 cm³/mol. The number of benzene rings is 1. The first-order chi connectivity index (χ1) is 15.2. The Balaban J connectivity index is 0.000000390. The molecular weight excluding hydrogens is 423 g/mol. The van der Waals surface area contributed by atoms with Crippen molar-refractivity contribution in [2.75, 3.05) is 26.2 Å². The SMILES string of the molecule is CC(=O)OC[C@H](C)CN1CCC(c2noc3cc(F)ccc23)CC1.O=C(O)C=CC(=O)O. The van der Waals surface area contributed by atoms with Crippen molar-refractivity contribution >= 4 is 28.9 Å². The van der Waals surface area contributed by atoms with Gasteiger partial charge in [0.1, 0.15) is 5.82 Å². The Morgan fingerprint density at radius 2 is 1.88 bits per heavy atom. The van der Waals surface area contributed by atoms with Gasteiger partial charge in [-0.2, -0.15) is 0 Å². The van der Waals surface area contributed by atoms with Crippen LogP contribution in [0, 0.1) is 11.7 Å². The lowest BCUT2D eigenvalue weighted by molar-refractivity contribution is -0.142. The number of nitrogens with zero attached hydrogens (tertiary/aromatic N) is 2. The number of fused-ring (bicyclic) bond motifs is 1. The molecule has 1 aromatic heterocycles. The molecule has 0 bridgehead atoms. The predicted octanol–water partition coefficient (Wildman–Crippen LogP) is 3.06. The van der Waals surface area contributed by atoms with Crippen molar-refractivity contribution in [1.29, 1.82) is 0 Å². The van der Waals surface area contributed by atoms with Crippen molar-refractivity contribution in [1.82, 2.24) is 10.1 Å². The molecule has 2 heterocycles. The van der Waals surface area contributed by atoms with Crippen LogP contribution >= 0.6 is 0 Å². The zero-order valence-corrected chi connectivity index (χ0v) is 18.0. The third kappa shape index (κ3) is 8.10. The first kappa shape index (κ1) is 25.0. The van der Waals surface area contributed by atoms with E-state index in [2.05, 4.69) is 17.0 Å². The number of halogens is 1. The number of carbonyl (C=O) groups is 3. The van der Waals surface area contributed by atoms with Crippen molar-refractivity contribution < 1.29 is 38.2 Å². The molecule has 32 heavy (non-hydrogen) atoms. The van der Waals surface area contributed by atoms with Crippen LogP contribution in [0.15, 0.2) is 34.9 Å². The van der Waals surface area contributed by atoms with Gasteiger partial charge in [0.05, 0.1) is 12.3 Å². The fraction of sp³-hybridized carbons (Fsp3) is 0.455. The number of piperidine rings is 1. The van der Waals surface area contributed by atoms with Crippen LogP contribution in [0.25, 0.3) is 11.0 Å². The van der Waals surface area contributed by atoms with Gasteiger partial charge in [0.2, 0.25) is 0 Å². The van der Waals surface area contributed by atoms with E-state index in [0.29, 0.717) is 36.2 Å². The molecule has 2 aromatic rings. The number of aliphatic carboxylic acids is 2. The summed E-state index contributed by atoms with van der Waals surface area (Å²) < 4.78 is 23.6. The third-order valence-electron chi connectivity index (χ3n) is 4.95. The lowest BCUT2D eigenvalue weighted by Gasteiger charge is -2.32. The summed E-state index contributed by atoms with van der Waals surface area (Å²) in [5.74, 6) is -2.38. The van der Waals surface area contributed by atoms with Crippen LogP contribution in [-0.2, 0) is 19.1 Å². The Kier molecular flexibility index (Phi) is 9.33. The third-order valence-corrected chi connectivity index (χ3v) is 4.95. The largest absolute Gasteiger partial charge is 0.478 e. The summed E-state index contributed by atoms with van der Waals surface area (Å²) in [7, 11) is 0. The maximum absolute atomic E-state index is 13.2. The van der Waals surface area contributed by atoms with Gasteiger partial charge in [-0.3, -0.25) is 4.79 Å². The molecule has 1 aliphatic heterocycles. The van der Waals surface area contributed by atoms with Crippen molar-refractivity contribution in [3.05, 3.63) is 41.9 Å². The molecule has 1 fully saturated rings. The van der Waals surface area contributed by atoms with Gasteiger partial charge in [-0.05, 0) is 38.1 Å². The average Bonchev–Trinajstić information content (AvgIpc) is 3.15. The standard InChI is InChI=1S/C18H23FN2O3.C4H4O4/c1-12(11-23-13(2)22)10-21-7-5-14(6-8-21)18-16-4-3-15(19)9-17(16)24-20-18;5-3(6)1-2-4(7)8/h3-4,9,12,14H,5-8,10-11H2,1-2H3;1-2H,(H,5,6)(H,7,8)/t12-;/m1./s1. The number of esters is 1. The number of likely N-dealkylation sites (tertiary alicyclic amines) is 1. The zero-order chi connectivity index (χ0) is 23.7. The number of rotatable bonds is 7. The van der Waals surface area contributed by atoms with Crippen LogP contribution in [0.1, 0.15) is 38.3 Å². The van der Waals surface area contributed by atoms with E-state index >= 15 is 0 Å². The summed E-state index contributed by atoms with van der Waals surface area (Å²) in [6.45, 7) is 6.87. The monoisotopic (exact) mass is 450 g/mol. The van der Waals surface area contributed by atoms with Crippen LogP contribution in [0.4, 0.5) is 4.39 Å². The van der Waals surface area contributed by atoms with Crippen LogP contribution in [-0.4, -0.2) is 64.4 Å². The van der Waals surface area contributed by atoms with E-state index in [-0.39, 0.29) is 11.8 Å². The molecule has 1 atom stereocenters. The van der Waals surface area contributed by atoms with E-state index in [1.54, 1.807) is 6.07 Å². The molecule has 0 spiro atoms. The minimum atomic E-state index is -1.26. The summed E-state index contributed by atoms with van der Waals surface area (Å²) in [5, 5.41) is 20.7. The van der Waals surface area contributed by atoms with Crippen LogP contribution in [0.3, 0.4) is 0 Å². The van der Waals surface area contributed by atoms with Crippen molar-refractivity contribution in [3.8, 4) is 0 Å². The Hall–Kier alpha value is -3.27. The quantitative estimate of drug-likeness (QED) is 0.483. The highest BCUT2D eigenvalue weighted by molar-refractivity contribution is 5.89. The van der Waals surface area contributed by atoms with Crippen molar-refractivity contribution in [3.63, 3.8) is 0 Å². The van der Waals surface area contributed by atoms with E-state index in [1.807, 2.05) is 0 Å². The Labute approximate surface area is 184 Å². The number of aromatic nitrogens is 1. The van der Waals surface area contributed by atoms with Crippen LogP contribution in [0.2, 0.25) is 0 Å². The van der Waals surface area contributed by atoms with Gasteiger partial charge in [-0.15, -0.1) is 0 Å². The molecule has 0 amide bonds. The maximum Gasteiger partial charge on any atom is 0.328 e. The molecule has 0 unspecified atom stereocenters. The Bertz CT molecular complexity index is 948. The Morgan fingerprint density at radius 1 is 1.25 bits per heavy atom. The van der Waals surface area contributed by atoms with Crippen LogP contribution in [0.5, 0.6) is 0 Å². The number of hydrogen-bond donors (Lipinski definition) is 2. The fourth-order valence-electron chi connectivity index (χ4n) is 3.51. The zero-order valence-electron chi connectivity index (χ0n) is 18.0. The number of carboxylic acid groups (broad SMARTS) is 2. The Morgan fingerprint density at radius 3 is 2.44 bits per heavy atom. The molecule has 0 aliphatic carbocycles. The highest BCUT2D eigenvalue weighted by atomic mass is 19.1. The number of carbonyl (C=O) groups excluding carboxylic acids is 1. The molecule has 2 N–H and O–H groups in total. The van der Waals surface area contributed by atoms with Gasteiger partial charge in [0, 0.05) is 48.9 Å². The number of hydrogen-bond acceptors (Lipinski definition) is 7. The summed E-state index contributed by atoms with van der Waals surface area (Å²) in [5.41, 5.74) is 1.46. The van der Waals surface area contributed by atoms with E-state index in [4.69, 9.17) is 19.5 Å². The van der Waals surface area contributed by atoms with Gasteiger partial charge >= 0.3 is 17.9 Å².